The summed E-state index contributed by atoms with van der Waals surface area (Å²) in [5.41, 5.74) is 0.543. The number of carbonyl (C=O) groups excluding carboxylic acids is 1. The van der Waals surface area contributed by atoms with Gasteiger partial charge in [0.1, 0.15) is 0 Å². The van der Waals surface area contributed by atoms with E-state index in [1.165, 1.54) is 14.2 Å². The summed E-state index contributed by atoms with van der Waals surface area (Å²) in [6, 6.07) is 3.47. The molecule has 0 unspecified atom stereocenters. The number of ketones is 1. The third kappa shape index (κ3) is 3.47. The number of methoxy groups -OCH3 is 3. The number of hydrogen-bond donors (Lipinski definition) is 0. The van der Waals surface area contributed by atoms with Gasteiger partial charge < -0.3 is 18.9 Å². The lowest BCUT2D eigenvalue weighted by Crippen LogP contribution is -2.19. The van der Waals surface area contributed by atoms with Crippen LogP contribution in [0.2, 0.25) is 0 Å². The highest BCUT2D eigenvalue weighted by Crippen LogP contribution is 2.40. The summed E-state index contributed by atoms with van der Waals surface area (Å²) in [4.78, 5) is 12.5. The van der Waals surface area contributed by atoms with Gasteiger partial charge in [0.2, 0.25) is 5.75 Å². The molecule has 0 spiro atoms. The lowest BCUT2D eigenvalue weighted by atomic mass is 9.91. The Hall–Kier alpha value is -1.75. The van der Waals surface area contributed by atoms with Gasteiger partial charge in [-0.1, -0.05) is 0 Å². The number of benzene rings is 1. The van der Waals surface area contributed by atoms with Crippen molar-refractivity contribution in [3.8, 4) is 17.2 Å². The van der Waals surface area contributed by atoms with Crippen LogP contribution in [0.4, 0.5) is 0 Å². The van der Waals surface area contributed by atoms with Crippen LogP contribution in [0.1, 0.15) is 29.6 Å². The summed E-state index contributed by atoms with van der Waals surface area (Å²) >= 11 is 0. The SMILES string of the molecule is COc1ccc(C(=O)CC2CCOCC2)c(OC)c1OC. The van der Waals surface area contributed by atoms with Crippen LogP contribution in [-0.2, 0) is 4.74 Å². The van der Waals surface area contributed by atoms with Crippen molar-refractivity contribution in [1.29, 1.82) is 0 Å². The van der Waals surface area contributed by atoms with E-state index in [-0.39, 0.29) is 5.78 Å². The van der Waals surface area contributed by atoms with Gasteiger partial charge in [-0.15, -0.1) is 0 Å². The molecule has 1 saturated heterocycles. The minimum atomic E-state index is 0.0692. The van der Waals surface area contributed by atoms with E-state index >= 15 is 0 Å². The summed E-state index contributed by atoms with van der Waals surface area (Å²) in [7, 11) is 4.62. The number of hydrogen-bond acceptors (Lipinski definition) is 5. The van der Waals surface area contributed by atoms with E-state index < -0.39 is 0 Å². The molecule has 21 heavy (non-hydrogen) atoms. The van der Waals surface area contributed by atoms with Gasteiger partial charge in [-0.25, -0.2) is 0 Å². The molecule has 0 aliphatic carbocycles. The molecule has 1 heterocycles. The van der Waals surface area contributed by atoms with Crippen molar-refractivity contribution in [1.82, 2.24) is 0 Å². The highest BCUT2D eigenvalue weighted by Gasteiger charge is 2.24. The minimum Gasteiger partial charge on any atom is -0.493 e. The molecule has 1 aliphatic rings. The fraction of sp³-hybridized carbons (Fsp3) is 0.562. The number of rotatable bonds is 6. The highest BCUT2D eigenvalue weighted by molar-refractivity contribution is 6.00. The molecule has 0 bridgehead atoms. The van der Waals surface area contributed by atoms with Crippen LogP contribution in [0.15, 0.2) is 12.1 Å². The maximum Gasteiger partial charge on any atom is 0.204 e. The van der Waals surface area contributed by atoms with Gasteiger partial charge in [-0.05, 0) is 30.9 Å². The molecule has 116 valence electrons. The molecule has 0 N–H and O–H groups in total. The molecular formula is C16H22O5. The molecular weight excluding hydrogens is 272 g/mol. The lowest BCUT2D eigenvalue weighted by molar-refractivity contribution is 0.0600. The van der Waals surface area contributed by atoms with Crippen LogP contribution in [-0.4, -0.2) is 40.3 Å². The van der Waals surface area contributed by atoms with Crippen molar-refractivity contribution in [2.24, 2.45) is 5.92 Å². The number of Topliss-reactive ketones (excluding diaryl/α,β-unsaturated/α-hetero) is 1. The van der Waals surface area contributed by atoms with Gasteiger partial charge in [0.25, 0.3) is 0 Å². The van der Waals surface area contributed by atoms with Crippen molar-refractivity contribution in [3.63, 3.8) is 0 Å². The first-order valence-electron chi connectivity index (χ1n) is 7.11. The van der Waals surface area contributed by atoms with E-state index in [1.54, 1.807) is 19.2 Å². The Bertz CT molecular complexity index is 492. The average molecular weight is 294 g/mol. The summed E-state index contributed by atoms with van der Waals surface area (Å²) in [5, 5.41) is 0. The summed E-state index contributed by atoms with van der Waals surface area (Å²) in [6.45, 7) is 1.47. The zero-order valence-electron chi connectivity index (χ0n) is 12.8. The molecule has 1 aromatic rings. The summed E-state index contributed by atoms with van der Waals surface area (Å²) < 4.78 is 21.2. The predicted molar refractivity (Wildman–Crippen MR) is 78.6 cm³/mol. The van der Waals surface area contributed by atoms with E-state index in [1.807, 2.05) is 0 Å². The molecule has 1 fully saturated rings. The second-order valence-electron chi connectivity index (χ2n) is 5.06. The minimum absolute atomic E-state index is 0.0692. The van der Waals surface area contributed by atoms with Crippen LogP contribution >= 0.6 is 0 Å². The molecule has 0 atom stereocenters. The molecule has 1 aliphatic heterocycles. The second kappa shape index (κ2) is 7.31. The van der Waals surface area contributed by atoms with Crippen molar-refractivity contribution in [2.45, 2.75) is 19.3 Å². The quantitative estimate of drug-likeness (QED) is 0.755. The largest absolute Gasteiger partial charge is 0.493 e. The zero-order valence-corrected chi connectivity index (χ0v) is 12.8. The molecule has 5 nitrogen and oxygen atoms in total. The fourth-order valence-electron chi connectivity index (χ4n) is 2.64. The average Bonchev–Trinajstić information content (AvgIpc) is 2.53. The standard InChI is InChI=1S/C16H22O5/c1-18-14-5-4-12(15(19-2)16(14)20-3)13(17)10-11-6-8-21-9-7-11/h4-5,11H,6-10H2,1-3H3. The highest BCUT2D eigenvalue weighted by atomic mass is 16.5. The molecule has 0 aromatic heterocycles. The van der Waals surface area contributed by atoms with Crippen molar-refractivity contribution in [3.05, 3.63) is 17.7 Å². The van der Waals surface area contributed by atoms with Gasteiger partial charge in [0.05, 0.1) is 26.9 Å². The molecule has 0 amide bonds. The predicted octanol–water partition coefficient (Wildman–Crippen LogP) is 2.71. The van der Waals surface area contributed by atoms with E-state index in [9.17, 15) is 4.79 Å². The normalized spacial score (nSPS) is 15.6. The van der Waals surface area contributed by atoms with Gasteiger partial charge in [0.15, 0.2) is 17.3 Å². The van der Waals surface area contributed by atoms with Crippen LogP contribution < -0.4 is 14.2 Å². The molecule has 0 saturated carbocycles. The maximum atomic E-state index is 12.5. The van der Waals surface area contributed by atoms with Gasteiger partial charge in [-0.3, -0.25) is 4.79 Å². The smallest absolute Gasteiger partial charge is 0.204 e. The lowest BCUT2D eigenvalue weighted by Gasteiger charge is -2.22. The van der Waals surface area contributed by atoms with Crippen LogP contribution in [0.3, 0.4) is 0 Å². The zero-order chi connectivity index (χ0) is 15.2. The third-order valence-corrected chi connectivity index (χ3v) is 3.82. The Kier molecular flexibility index (Phi) is 5.44. The third-order valence-electron chi connectivity index (χ3n) is 3.82. The monoisotopic (exact) mass is 294 g/mol. The topological polar surface area (TPSA) is 54.0 Å². The number of carbonyl (C=O) groups is 1. The first kappa shape index (κ1) is 15.6. The van der Waals surface area contributed by atoms with Gasteiger partial charge in [0, 0.05) is 19.6 Å². The molecule has 1 aromatic carbocycles. The second-order valence-corrected chi connectivity index (χ2v) is 5.06. The molecule has 2 rings (SSSR count). The van der Waals surface area contributed by atoms with Gasteiger partial charge in [-0.2, -0.15) is 0 Å². The Morgan fingerprint density at radius 3 is 2.33 bits per heavy atom. The molecule has 5 heteroatoms. The van der Waals surface area contributed by atoms with Crippen LogP contribution in [0.5, 0.6) is 17.2 Å². The summed E-state index contributed by atoms with van der Waals surface area (Å²) in [5.74, 6) is 1.90. The Morgan fingerprint density at radius 2 is 1.76 bits per heavy atom. The van der Waals surface area contributed by atoms with Gasteiger partial charge >= 0.3 is 0 Å². The van der Waals surface area contributed by atoms with E-state index in [2.05, 4.69) is 0 Å². The Balaban J connectivity index is 2.23. The van der Waals surface area contributed by atoms with Crippen LogP contribution in [0.25, 0.3) is 0 Å². The fourth-order valence-corrected chi connectivity index (χ4v) is 2.64. The first-order chi connectivity index (χ1) is 10.2. The van der Waals surface area contributed by atoms with Crippen molar-refractivity contribution < 1.29 is 23.7 Å². The van der Waals surface area contributed by atoms with E-state index in [0.717, 1.165) is 26.1 Å². The first-order valence-corrected chi connectivity index (χ1v) is 7.11. The Morgan fingerprint density at radius 1 is 1.10 bits per heavy atom. The van der Waals surface area contributed by atoms with E-state index in [4.69, 9.17) is 18.9 Å². The Labute approximate surface area is 125 Å². The molecule has 0 radical (unpaired) electrons. The summed E-state index contributed by atoms with van der Waals surface area (Å²) in [6.07, 6.45) is 2.37. The van der Waals surface area contributed by atoms with E-state index in [0.29, 0.717) is 35.2 Å². The van der Waals surface area contributed by atoms with Crippen molar-refractivity contribution in [2.75, 3.05) is 34.5 Å². The van der Waals surface area contributed by atoms with Crippen LogP contribution in [0, 0.1) is 5.92 Å². The number of ether oxygens (including phenoxy) is 4. The maximum absolute atomic E-state index is 12.5. The van der Waals surface area contributed by atoms with Crippen molar-refractivity contribution >= 4 is 5.78 Å².